The molecule has 3 nitrogen and oxygen atoms in total. The van der Waals surface area contributed by atoms with E-state index in [1.54, 1.807) is 11.3 Å². The highest BCUT2D eigenvalue weighted by molar-refractivity contribution is 7.09. The molecule has 1 aromatic heterocycles. The van der Waals surface area contributed by atoms with Crippen molar-refractivity contribution in [1.82, 2.24) is 10.3 Å². The van der Waals surface area contributed by atoms with E-state index in [-0.39, 0.29) is 5.91 Å². The Hall–Kier alpha value is -1.39. The molecule has 2 aromatic rings. The summed E-state index contributed by atoms with van der Waals surface area (Å²) in [6.07, 6.45) is 0.826. The first-order valence-electron chi connectivity index (χ1n) is 6.83. The van der Waals surface area contributed by atoms with Crippen LogP contribution < -0.4 is 5.32 Å². The van der Waals surface area contributed by atoms with Crippen LogP contribution in [0.3, 0.4) is 0 Å². The maximum Gasteiger partial charge on any atom is 0.227 e. The summed E-state index contributed by atoms with van der Waals surface area (Å²) in [5.41, 5.74) is 1.58. The molecule has 0 bridgehead atoms. The number of amides is 1. The minimum absolute atomic E-state index is 0.0462. The molecule has 1 heterocycles. The third kappa shape index (κ3) is 4.55. The number of carbonyl (C=O) groups excluding carboxylic acids is 1. The predicted octanol–water partition coefficient (Wildman–Crippen LogP) is 3.62. The van der Waals surface area contributed by atoms with E-state index in [0.717, 1.165) is 17.1 Å². The molecule has 1 amide bonds. The highest BCUT2D eigenvalue weighted by Crippen LogP contribution is 2.18. The molecule has 0 radical (unpaired) electrons. The van der Waals surface area contributed by atoms with E-state index in [9.17, 15) is 4.79 Å². The van der Waals surface area contributed by atoms with E-state index in [1.807, 2.05) is 37.4 Å². The minimum atomic E-state index is -0.551. The van der Waals surface area contributed by atoms with Gasteiger partial charge in [-0.1, -0.05) is 30.3 Å². The second-order valence-electron chi connectivity index (χ2n) is 5.60. The van der Waals surface area contributed by atoms with Gasteiger partial charge in [-0.25, -0.2) is 4.98 Å². The van der Waals surface area contributed by atoms with Gasteiger partial charge in [0, 0.05) is 17.7 Å². The lowest BCUT2D eigenvalue weighted by Crippen LogP contribution is -2.37. The average molecular weight is 323 g/mol. The standard InChI is InChI=1S/C16H19ClN2OS/c1-16(2,11-17)15(20)18-9-13-10-21-14(19-13)8-12-6-4-3-5-7-12/h3-7,10H,8-9,11H2,1-2H3,(H,18,20). The molecule has 0 aliphatic carbocycles. The summed E-state index contributed by atoms with van der Waals surface area (Å²) >= 11 is 7.41. The summed E-state index contributed by atoms with van der Waals surface area (Å²) in [7, 11) is 0. The Morgan fingerprint density at radius 3 is 2.71 bits per heavy atom. The number of nitrogens with zero attached hydrogens (tertiary/aromatic N) is 1. The van der Waals surface area contributed by atoms with Gasteiger partial charge in [-0.15, -0.1) is 22.9 Å². The molecule has 112 valence electrons. The zero-order valence-electron chi connectivity index (χ0n) is 12.2. The number of rotatable bonds is 6. The van der Waals surface area contributed by atoms with Crippen molar-refractivity contribution in [1.29, 1.82) is 0 Å². The smallest absolute Gasteiger partial charge is 0.227 e. The van der Waals surface area contributed by atoms with Crippen LogP contribution in [-0.2, 0) is 17.8 Å². The summed E-state index contributed by atoms with van der Waals surface area (Å²) in [6, 6.07) is 10.2. The van der Waals surface area contributed by atoms with Gasteiger partial charge in [0.2, 0.25) is 5.91 Å². The Morgan fingerprint density at radius 1 is 1.33 bits per heavy atom. The highest BCUT2D eigenvalue weighted by Gasteiger charge is 2.26. The van der Waals surface area contributed by atoms with Gasteiger partial charge in [-0.2, -0.15) is 0 Å². The lowest BCUT2D eigenvalue weighted by molar-refractivity contribution is -0.128. The van der Waals surface area contributed by atoms with E-state index in [1.165, 1.54) is 5.56 Å². The van der Waals surface area contributed by atoms with Crippen molar-refractivity contribution >= 4 is 28.8 Å². The number of nitrogens with one attached hydrogen (secondary N) is 1. The molecule has 0 saturated heterocycles. The Bertz CT molecular complexity index is 595. The molecule has 0 saturated carbocycles. The van der Waals surface area contributed by atoms with E-state index in [2.05, 4.69) is 22.4 Å². The van der Waals surface area contributed by atoms with Gasteiger partial charge >= 0.3 is 0 Å². The molecular weight excluding hydrogens is 304 g/mol. The van der Waals surface area contributed by atoms with E-state index < -0.39 is 5.41 Å². The molecule has 0 spiro atoms. The summed E-state index contributed by atoms with van der Waals surface area (Å²) in [5.74, 6) is 0.255. The van der Waals surface area contributed by atoms with Crippen LogP contribution in [-0.4, -0.2) is 16.8 Å². The lowest BCUT2D eigenvalue weighted by Gasteiger charge is -2.19. The summed E-state index contributed by atoms with van der Waals surface area (Å²) in [6.45, 7) is 4.11. The number of carbonyl (C=O) groups is 1. The van der Waals surface area contributed by atoms with Crippen LogP contribution in [0.5, 0.6) is 0 Å². The fraction of sp³-hybridized carbons (Fsp3) is 0.375. The molecule has 5 heteroatoms. The number of thiazole rings is 1. The number of benzene rings is 1. The SMILES string of the molecule is CC(C)(CCl)C(=O)NCc1csc(Cc2ccccc2)n1. The first-order valence-corrected chi connectivity index (χ1v) is 8.24. The van der Waals surface area contributed by atoms with E-state index >= 15 is 0 Å². The summed E-state index contributed by atoms with van der Waals surface area (Å²) in [4.78, 5) is 16.5. The first kappa shape index (κ1) is 16.0. The molecule has 0 aliphatic heterocycles. The van der Waals surface area contributed by atoms with Gasteiger partial charge in [0.05, 0.1) is 22.7 Å². The average Bonchev–Trinajstić information content (AvgIpc) is 2.93. The first-order chi connectivity index (χ1) is 10.0. The zero-order valence-corrected chi connectivity index (χ0v) is 13.8. The largest absolute Gasteiger partial charge is 0.350 e. The molecule has 0 fully saturated rings. The van der Waals surface area contributed by atoms with Crippen molar-refractivity contribution in [3.05, 3.63) is 52.0 Å². The van der Waals surface area contributed by atoms with Gasteiger partial charge in [0.25, 0.3) is 0 Å². The monoisotopic (exact) mass is 322 g/mol. The molecule has 0 unspecified atom stereocenters. The van der Waals surface area contributed by atoms with Crippen LogP contribution in [0.1, 0.15) is 30.1 Å². The van der Waals surface area contributed by atoms with Gasteiger partial charge in [0.15, 0.2) is 0 Å². The summed E-state index contributed by atoms with van der Waals surface area (Å²) < 4.78 is 0. The van der Waals surface area contributed by atoms with Crippen molar-refractivity contribution in [3.63, 3.8) is 0 Å². The van der Waals surface area contributed by atoms with Crippen LogP contribution in [0.25, 0.3) is 0 Å². The molecule has 1 N–H and O–H groups in total. The van der Waals surface area contributed by atoms with Gasteiger partial charge in [0.1, 0.15) is 0 Å². The van der Waals surface area contributed by atoms with Crippen molar-refractivity contribution in [2.24, 2.45) is 5.41 Å². The molecule has 21 heavy (non-hydrogen) atoms. The number of aromatic nitrogens is 1. The van der Waals surface area contributed by atoms with Crippen LogP contribution >= 0.6 is 22.9 Å². The lowest BCUT2D eigenvalue weighted by atomic mass is 9.95. The Kier molecular flexibility index (Phi) is 5.37. The van der Waals surface area contributed by atoms with E-state index in [4.69, 9.17) is 11.6 Å². The topological polar surface area (TPSA) is 42.0 Å². The molecule has 0 atom stereocenters. The number of hydrogen-bond acceptors (Lipinski definition) is 3. The van der Waals surface area contributed by atoms with Crippen molar-refractivity contribution in [2.45, 2.75) is 26.8 Å². The quantitative estimate of drug-likeness (QED) is 0.825. The second-order valence-corrected chi connectivity index (χ2v) is 6.81. The summed E-state index contributed by atoms with van der Waals surface area (Å²) in [5, 5.41) is 5.94. The molecule has 1 aromatic carbocycles. The Balaban J connectivity index is 1.90. The number of alkyl halides is 1. The maximum absolute atomic E-state index is 11.9. The van der Waals surface area contributed by atoms with Gasteiger partial charge in [-0.05, 0) is 19.4 Å². The fourth-order valence-electron chi connectivity index (χ4n) is 1.75. The van der Waals surface area contributed by atoms with Crippen LogP contribution in [0.2, 0.25) is 0 Å². The van der Waals surface area contributed by atoms with Gasteiger partial charge in [-0.3, -0.25) is 4.79 Å². The third-order valence-electron chi connectivity index (χ3n) is 3.18. The fourth-order valence-corrected chi connectivity index (χ4v) is 2.70. The molecule has 2 rings (SSSR count). The van der Waals surface area contributed by atoms with Crippen LogP contribution in [0.15, 0.2) is 35.7 Å². The Labute approximate surface area is 134 Å². The normalized spacial score (nSPS) is 11.4. The molecular formula is C16H19ClN2OS. The number of hydrogen-bond donors (Lipinski definition) is 1. The Morgan fingerprint density at radius 2 is 2.05 bits per heavy atom. The zero-order chi connectivity index (χ0) is 15.3. The van der Waals surface area contributed by atoms with Crippen molar-refractivity contribution in [3.8, 4) is 0 Å². The second kappa shape index (κ2) is 7.05. The third-order valence-corrected chi connectivity index (χ3v) is 4.74. The van der Waals surface area contributed by atoms with E-state index in [0.29, 0.717) is 12.4 Å². The minimum Gasteiger partial charge on any atom is -0.350 e. The maximum atomic E-state index is 11.9. The molecule has 0 aliphatic rings. The van der Waals surface area contributed by atoms with Gasteiger partial charge < -0.3 is 5.32 Å². The van der Waals surface area contributed by atoms with Crippen molar-refractivity contribution in [2.75, 3.05) is 5.88 Å². The number of halogens is 1. The van der Waals surface area contributed by atoms with Crippen LogP contribution in [0.4, 0.5) is 0 Å². The highest BCUT2D eigenvalue weighted by atomic mass is 35.5. The van der Waals surface area contributed by atoms with Crippen molar-refractivity contribution < 1.29 is 4.79 Å². The predicted molar refractivity (Wildman–Crippen MR) is 87.7 cm³/mol. The van der Waals surface area contributed by atoms with Crippen LogP contribution in [0, 0.1) is 5.41 Å².